The van der Waals surface area contributed by atoms with Crippen LogP contribution in [0.2, 0.25) is 0 Å². The van der Waals surface area contributed by atoms with Crippen LogP contribution in [-0.2, 0) is 11.3 Å². The van der Waals surface area contributed by atoms with E-state index >= 15 is 0 Å². The Morgan fingerprint density at radius 3 is 2.90 bits per heavy atom. The molecule has 0 aromatic carbocycles. The van der Waals surface area contributed by atoms with Crippen molar-refractivity contribution in [3.05, 3.63) is 22.5 Å². The first-order chi connectivity index (χ1) is 9.79. The Kier molecular flexibility index (Phi) is 4.26. The van der Waals surface area contributed by atoms with Crippen molar-refractivity contribution in [3.63, 3.8) is 0 Å². The Balaban J connectivity index is 1.93. The molecule has 1 saturated heterocycles. The van der Waals surface area contributed by atoms with E-state index in [9.17, 15) is 20.0 Å². The van der Waals surface area contributed by atoms with E-state index in [4.69, 9.17) is 0 Å². The minimum absolute atomic E-state index is 0.0576. The molecule has 2 rings (SSSR count). The van der Waals surface area contributed by atoms with Gasteiger partial charge in [0.2, 0.25) is 5.91 Å². The standard InChI is InChI=1S/C13H20N4O4/c1-13(2,19)11-4-3-6-16(11)12(18)5-7-15-9-10(8-14-15)17(20)21/h8-9,11,19H,3-7H2,1-2H3. The quantitative estimate of drug-likeness (QED) is 0.643. The first kappa shape index (κ1) is 15.4. The van der Waals surface area contributed by atoms with Crippen molar-refractivity contribution in [1.82, 2.24) is 14.7 Å². The second kappa shape index (κ2) is 5.80. The number of rotatable bonds is 5. The first-order valence-corrected chi connectivity index (χ1v) is 6.97. The van der Waals surface area contributed by atoms with Crippen LogP contribution in [0.25, 0.3) is 0 Å². The number of nitrogens with zero attached hydrogens (tertiary/aromatic N) is 4. The summed E-state index contributed by atoms with van der Waals surface area (Å²) in [5.41, 5.74) is -1.01. The minimum atomic E-state index is -0.920. The molecular formula is C13H20N4O4. The molecule has 0 bridgehead atoms. The Morgan fingerprint density at radius 1 is 1.62 bits per heavy atom. The topological polar surface area (TPSA) is 102 Å². The summed E-state index contributed by atoms with van der Waals surface area (Å²) in [7, 11) is 0. The Hall–Kier alpha value is -1.96. The predicted octanol–water partition coefficient (Wildman–Crippen LogP) is 0.943. The monoisotopic (exact) mass is 296 g/mol. The first-order valence-electron chi connectivity index (χ1n) is 6.97. The molecule has 2 heterocycles. The molecule has 21 heavy (non-hydrogen) atoms. The Labute approximate surface area is 122 Å². The molecule has 1 aromatic rings. The highest BCUT2D eigenvalue weighted by Gasteiger charge is 2.38. The van der Waals surface area contributed by atoms with Crippen molar-refractivity contribution in [2.45, 2.75) is 51.3 Å². The lowest BCUT2D eigenvalue weighted by Gasteiger charge is -2.33. The number of nitro groups is 1. The molecule has 1 atom stereocenters. The number of aromatic nitrogens is 2. The maximum atomic E-state index is 12.3. The molecule has 0 aliphatic carbocycles. The van der Waals surface area contributed by atoms with E-state index < -0.39 is 10.5 Å². The second-order valence-electron chi connectivity index (χ2n) is 5.87. The van der Waals surface area contributed by atoms with Crippen molar-refractivity contribution < 1.29 is 14.8 Å². The summed E-state index contributed by atoms with van der Waals surface area (Å²) in [5.74, 6) is -0.0576. The normalized spacial score (nSPS) is 19.0. The minimum Gasteiger partial charge on any atom is -0.388 e. The van der Waals surface area contributed by atoms with Crippen LogP contribution in [0.5, 0.6) is 0 Å². The van der Waals surface area contributed by atoms with E-state index in [2.05, 4.69) is 5.10 Å². The summed E-state index contributed by atoms with van der Waals surface area (Å²) >= 11 is 0. The number of carbonyl (C=O) groups is 1. The van der Waals surface area contributed by atoms with E-state index in [1.54, 1.807) is 18.7 Å². The average molecular weight is 296 g/mol. The largest absolute Gasteiger partial charge is 0.388 e. The van der Waals surface area contributed by atoms with Crippen molar-refractivity contribution >= 4 is 11.6 Å². The molecule has 1 N–H and O–H groups in total. The summed E-state index contributed by atoms with van der Waals surface area (Å²) in [6.07, 6.45) is 4.37. The van der Waals surface area contributed by atoms with Crippen LogP contribution in [0.1, 0.15) is 33.1 Å². The fraction of sp³-hybridized carbons (Fsp3) is 0.692. The summed E-state index contributed by atoms with van der Waals surface area (Å²) in [4.78, 5) is 24.0. The van der Waals surface area contributed by atoms with Crippen molar-refractivity contribution in [1.29, 1.82) is 0 Å². The van der Waals surface area contributed by atoms with Gasteiger partial charge in [-0.25, -0.2) is 0 Å². The van der Waals surface area contributed by atoms with Crippen LogP contribution >= 0.6 is 0 Å². The summed E-state index contributed by atoms with van der Waals surface area (Å²) in [6.45, 7) is 4.36. The van der Waals surface area contributed by atoms with Gasteiger partial charge >= 0.3 is 5.69 Å². The molecule has 1 amide bonds. The highest BCUT2D eigenvalue weighted by Crippen LogP contribution is 2.27. The van der Waals surface area contributed by atoms with Crippen LogP contribution in [0.15, 0.2) is 12.4 Å². The number of amides is 1. The van der Waals surface area contributed by atoms with Gasteiger partial charge in [0.25, 0.3) is 0 Å². The van der Waals surface area contributed by atoms with E-state index in [0.29, 0.717) is 13.1 Å². The second-order valence-corrected chi connectivity index (χ2v) is 5.87. The molecule has 0 radical (unpaired) electrons. The molecule has 1 aliphatic heterocycles. The molecule has 8 nitrogen and oxygen atoms in total. The zero-order chi connectivity index (χ0) is 15.6. The van der Waals surface area contributed by atoms with Gasteiger partial charge < -0.3 is 10.0 Å². The fourth-order valence-corrected chi connectivity index (χ4v) is 2.72. The van der Waals surface area contributed by atoms with Gasteiger partial charge in [-0.2, -0.15) is 5.10 Å². The highest BCUT2D eigenvalue weighted by molar-refractivity contribution is 5.76. The molecule has 1 fully saturated rings. The van der Waals surface area contributed by atoms with Crippen LogP contribution in [0.4, 0.5) is 5.69 Å². The van der Waals surface area contributed by atoms with E-state index in [1.807, 2.05) is 0 Å². The van der Waals surface area contributed by atoms with Crippen LogP contribution < -0.4 is 0 Å². The maximum absolute atomic E-state index is 12.3. The van der Waals surface area contributed by atoms with Gasteiger partial charge in [0.15, 0.2) is 0 Å². The third-order valence-corrected chi connectivity index (χ3v) is 3.77. The molecule has 1 aromatic heterocycles. The Bertz CT molecular complexity index is 535. The van der Waals surface area contributed by atoms with Crippen molar-refractivity contribution in [2.75, 3.05) is 6.54 Å². The van der Waals surface area contributed by atoms with Crippen LogP contribution in [0.3, 0.4) is 0 Å². The number of likely N-dealkylation sites (tertiary alicyclic amines) is 1. The smallest absolute Gasteiger partial charge is 0.306 e. The van der Waals surface area contributed by atoms with Gasteiger partial charge in [-0.1, -0.05) is 0 Å². The van der Waals surface area contributed by atoms with Gasteiger partial charge in [0.1, 0.15) is 12.4 Å². The number of carbonyl (C=O) groups excluding carboxylic acids is 1. The molecule has 0 saturated carbocycles. The molecule has 0 spiro atoms. The zero-order valence-corrected chi connectivity index (χ0v) is 12.2. The van der Waals surface area contributed by atoms with Crippen molar-refractivity contribution in [3.8, 4) is 0 Å². The SMILES string of the molecule is CC(C)(O)C1CCCN1C(=O)CCn1cc([N+](=O)[O-])cn1. The number of hydrogen-bond donors (Lipinski definition) is 1. The van der Waals surface area contributed by atoms with Gasteiger partial charge in [0, 0.05) is 19.5 Å². The third kappa shape index (κ3) is 3.57. The zero-order valence-electron chi connectivity index (χ0n) is 12.2. The lowest BCUT2D eigenvalue weighted by molar-refractivity contribution is -0.385. The molecular weight excluding hydrogens is 276 g/mol. The molecule has 1 unspecified atom stereocenters. The fourth-order valence-electron chi connectivity index (χ4n) is 2.72. The molecule has 1 aliphatic rings. The average Bonchev–Trinajstić information content (AvgIpc) is 3.04. The summed E-state index contributed by atoms with van der Waals surface area (Å²) in [5, 5.41) is 24.5. The third-order valence-electron chi connectivity index (χ3n) is 3.77. The maximum Gasteiger partial charge on any atom is 0.306 e. The molecule has 116 valence electrons. The van der Waals surface area contributed by atoms with Gasteiger partial charge in [-0.05, 0) is 26.7 Å². The van der Waals surface area contributed by atoms with Gasteiger partial charge in [-0.3, -0.25) is 19.6 Å². The van der Waals surface area contributed by atoms with Gasteiger partial charge in [0.05, 0.1) is 16.6 Å². The number of aryl methyl sites for hydroxylation is 1. The number of aliphatic hydroxyl groups is 1. The lowest BCUT2D eigenvalue weighted by atomic mass is 9.96. The van der Waals surface area contributed by atoms with Crippen LogP contribution in [-0.4, -0.2) is 48.8 Å². The molecule has 8 heteroatoms. The van der Waals surface area contributed by atoms with E-state index in [1.165, 1.54) is 17.1 Å². The van der Waals surface area contributed by atoms with Crippen molar-refractivity contribution in [2.24, 2.45) is 0 Å². The van der Waals surface area contributed by atoms with Gasteiger partial charge in [-0.15, -0.1) is 0 Å². The summed E-state index contributed by atoms with van der Waals surface area (Å²) in [6, 6.07) is -0.169. The number of hydrogen-bond acceptors (Lipinski definition) is 5. The lowest BCUT2D eigenvalue weighted by Crippen LogP contribution is -2.48. The highest BCUT2D eigenvalue weighted by atomic mass is 16.6. The predicted molar refractivity (Wildman–Crippen MR) is 74.5 cm³/mol. The summed E-state index contributed by atoms with van der Waals surface area (Å²) < 4.78 is 1.39. The van der Waals surface area contributed by atoms with E-state index in [0.717, 1.165) is 12.8 Å². The Morgan fingerprint density at radius 2 is 2.33 bits per heavy atom. The van der Waals surface area contributed by atoms with Crippen LogP contribution in [0, 0.1) is 10.1 Å². The van der Waals surface area contributed by atoms with E-state index in [-0.39, 0.29) is 24.1 Å².